The number of ether oxygens (including phenoxy) is 1. The van der Waals surface area contributed by atoms with Gasteiger partial charge in [0.1, 0.15) is 0 Å². The molecule has 13 heteroatoms. The molecule has 0 rings (SSSR count). The van der Waals surface area contributed by atoms with E-state index >= 15 is 0 Å². The average Bonchev–Trinajstić information content (AvgIpc) is 2.36. The van der Waals surface area contributed by atoms with Gasteiger partial charge in [0.15, 0.2) is 5.85 Å². The zero-order valence-corrected chi connectivity index (χ0v) is 16.5. The number of aliphatic hydroxyl groups excluding tert-OH is 1. The first kappa shape index (κ1) is 39.7. The largest absolute Gasteiger partial charge is 0.481 e. The third kappa shape index (κ3) is 1550. The monoisotopic (exact) mass is 406 g/mol. The normalized spacial score (nSPS) is 7.93. The molecular weight excluding hydrogens is 372 g/mol. The molecule has 0 aromatic carbocycles. The maximum atomic E-state index is 9.00. The first-order valence-electron chi connectivity index (χ1n) is 7.17. The lowest BCUT2D eigenvalue weighted by molar-refractivity contribution is -0.135. The van der Waals surface area contributed by atoms with Crippen molar-refractivity contribution in [3.63, 3.8) is 0 Å². The number of hydrogen-bond donors (Lipinski definition) is 8. The standard InChI is InChI=1S/C4H10O.C2H8N2O2.4C2H4O2/c1-3-5-4-2;3-2(4,6)1-5;4*1-2(3)4/h3-4H2,1-2H3;5-6H,1,3-4H2;4*1H3,(H,3,4). The van der Waals surface area contributed by atoms with Gasteiger partial charge in [0, 0.05) is 40.9 Å². The summed E-state index contributed by atoms with van der Waals surface area (Å²) in [6.07, 6.45) is 0. The maximum Gasteiger partial charge on any atom is 0.300 e. The van der Waals surface area contributed by atoms with Gasteiger partial charge in [-0.3, -0.25) is 30.6 Å². The minimum atomic E-state index is -1.90. The van der Waals surface area contributed by atoms with Crippen LogP contribution in [0.2, 0.25) is 0 Å². The van der Waals surface area contributed by atoms with Gasteiger partial charge >= 0.3 is 0 Å². The minimum absolute atomic E-state index is 0.618. The number of carboxylic acid groups (broad SMARTS) is 4. The summed E-state index contributed by atoms with van der Waals surface area (Å²) in [5.41, 5.74) is 9.24. The van der Waals surface area contributed by atoms with E-state index in [0.29, 0.717) is 0 Å². The van der Waals surface area contributed by atoms with Crippen LogP contribution >= 0.6 is 0 Å². The Morgan fingerprint density at radius 1 is 0.741 bits per heavy atom. The van der Waals surface area contributed by atoms with E-state index in [9.17, 15) is 0 Å². The third-order valence-corrected chi connectivity index (χ3v) is 0.662. The smallest absolute Gasteiger partial charge is 0.300 e. The Kier molecular flexibility index (Phi) is 46.2. The topological polar surface area (TPSA) is 251 Å². The molecule has 10 N–H and O–H groups in total. The van der Waals surface area contributed by atoms with Crippen LogP contribution in [0.4, 0.5) is 0 Å². The summed E-state index contributed by atoms with van der Waals surface area (Å²) < 4.78 is 4.83. The van der Waals surface area contributed by atoms with Gasteiger partial charge in [-0.1, -0.05) is 0 Å². The molecule has 0 aliphatic carbocycles. The number of aliphatic carboxylic acids is 4. The fourth-order valence-electron chi connectivity index (χ4n) is 0.204. The molecule has 0 spiro atoms. The number of nitrogens with two attached hydrogens (primary N) is 2. The molecule has 0 unspecified atom stereocenters. The maximum absolute atomic E-state index is 9.00. The number of aliphatic hydroxyl groups is 2. The van der Waals surface area contributed by atoms with Gasteiger partial charge in [-0.25, -0.2) is 0 Å². The highest BCUT2D eigenvalue weighted by Crippen LogP contribution is 1.72. The average molecular weight is 406 g/mol. The van der Waals surface area contributed by atoms with Crippen molar-refractivity contribution in [1.82, 2.24) is 0 Å². The number of hydrogen-bond acceptors (Lipinski definition) is 9. The molecule has 13 nitrogen and oxygen atoms in total. The highest BCUT2D eigenvalue weighted by atomic mass is 16.5. The second kappa shape index (κ2) is 31.4. The van der Waals surface area contributed by atoms with Gasteiger partial charge in [-0.05, 0) is 13.8 Å². The molecule has 0 aromatic heterocycles. The SMILES string of the molecule is CC(=O)O.CC(=O)O.CC(=O)O.CC(=O)O.CCOCC.NC(N)(O)CO. The molecule has 0 heterocycles. The lowest BCUT2D eigenvalue weighted by atomic mass is 10.5. The van der Waals surface area contributed by atoms with E-state index in [0.717, 1.165) is 40.9 Å². The van der Waals surface area contributed by atoms with Crippen LogP contribution in [0.5, 0.6) is 0 Å². The summed E-state index contributed by atoms with van der Waals surface area (Å²) in [4.78, 5) is 36.0. The van der Waals surface area contributed by atoms with Gasteiger partial charge in [-0.2, -0.15) is 0 Å². The van der Waals surface area contributed by atoms with E-state index in [-0.39, 0.29) is 0 Å². The first-order valence-corrected chi connectivity index (χ1v) is 7.17. The summed E-state index contributed by atoms with van der Waals surface area (Å²) in [5.74, 6) is -5.24. The highest BCUT2D eigenvalue weighted by molar-refractivity contribution is 5.63. The first-order chi connectivity index (χ1) is 11.9. The van der Waals surface area contributed by atoms with Crippen LogP contribution in [0.15, 0.2) is 0 Å². The van der Waals surface area contributed by atoms with Crippen molar-refractivity contribution in [1.29, 1.82) is 0 Å². The Morgan fingerprint density at radius 2 is 0.852 bits per heavy atom. The summed E-state index contributed by atoms with van der Waals surface area (Å²) in [6, 6.07) is 0. The van der Waals surface area contributed by atoms with Crippen molar-refractivity contribution in [3.05, 3.63) is 0 Å². The Hall–Kier alpha value is -2.32. The molecule has 0 saturated carbocycles. The molecule has 0 atom stereocenters. The van der Waals surface area contributed by atoms with Crippen molar-refractivity contribution in [2.24, 2.45) is 11.5 Å². The Bertz CT molecular complexity index is 289. The molecule has 0 amide bonds. The fourth-order valence-corrected chi connectivity index (χ4v) is 0.204. The van der Waals surface area contributed by atoms with Crippen molar-refractivity contribution in [3.8, 4) is 0 Å². The van der Waals surface area contributed by atoms with Gasteiger partial charge in [0.05, 0.1) is 6.61 Å². The van der Waals surface area contributed by atoms with E-state index in [4.69, 9.17) is 54.6 Å². The molecule has 166 valence electrons. The molecule has 0 radical (unpaired) electrons. The predicted molar refractivity (Wildman–Crippen MR) is 95.8 cm³/mol. The molecule has 27 heavy (non-hydrogen) atoms. The molecule has 0 aromatic rings. The van der Waals surface area contributed by atoms with E-state index < -0.39 is 36.3 Å². The molecule has 0 aliphatic heterocycles. The Labute approximate surface area is 158 Å². The van der Waals surface area contributed by atoms with Crippen LogP contribution in [0, 0.1) is 0 Å². The van der Waals surface area contributed by atoms with Crippen molar-refractivity contribution >= 4 is 23.9 Å². The van der Waals surface area contributed by atoms with Crippen molar-refractivity contribution < 1.29 is 54.6 Å². The minimum Gasteiger partial charge on any atom is -0.481 e. The summed E-state index contributed by atoms with van der Waals surface area (Å²) >= 11 is 0. The van der Waals surface area contributed by atoms with Crippen LogP contribution in [0.3, 0.4) is 0 Å². The van der Waals surface area contributed by atoms with E-state index in [1.165, 1.54) is 0 Å². The lowest BCUT2D eigenvalue weighted by Crippen LogP contribution is -2.52. The van der Waals surface area contributed by atoms with Gasteiger partial charge in [0.2, 0.25) is 0 Å². The summed E-state index contributed by atoms with van der Waals surface area (Å²) in [6.45, 7) is 9.38. The van der Waals surface area contributed by atoms with Crippen molar-refractivity contribution in [2.45, 2.75) is 47.4 Å². The molecule has 0 bridgehead atoms. The number of rotatable bonds is 3. The van der Waals surface area contributed by atoms with Crippen LogP contribution < -0.4 is 11.5 Å². The van der Waals surface area contributed by atoms with Crippen molar-refractivity contribution in [2.75, 3.05) is 19.8 Å². The van der Waals surface area contributed by atoms with Crippen LogP contribution in [-0.2, 0) is 23.9 Å². The second-order valence-corrected chi connectivity index (χ2v) is 4.01. The van der Waals surface area contributed by atoms with Gasteiger partial charge in [0.25, 0.3) is 23.9 Å². The summed E-state index contributed by atoms with van der Waals surface area (Å²) in [7, 11) is 0. The molecule has 0 aliphatic rings. The van der Waals surface area contributed by atoms with E-state index in [1.807, 2.05) is 13.8 Å². The number of carboxylic acids is 4. The second-order valence-electron chi connectivity index (χ2n) is 4.01. The molecule has 0 fully saturated rings. The quantitative estimate of drug-likeness (QED) is 0.261. The fraction of sp³-hybridized carbons (Fsp3) is 0.714. The van der Waals surface area contributed by atoms with Gasteiger partial charge in [-0.15, -0.1) is 0 Å². The van der Waals surface area contributed by atoms with Crippen LogP contribution in [-0.4, -0.2) is 80.2 Å². The highest BCUT2D eigenvalue weighted by Gasteiger charge is 2.08. The third-order valence-electron chi connectivity index (χ3n) is 0.662. The molecular formula is C14H34N2O11. The van der Waals surface area contributed by atoms with E-state index in [1.54, 1.807) is 0 Å². The van der Waals surface area contributed by atoms with Gasteiger partial charge < -0.3 is 35.4 Å². The molecule has 0 saturated heterocycles. The lowest BCUT2D eigenvalue weighted by Gasteiger charge is -2.10. The van der Waals surface area contributed by atoms with Crippen LogP contribution in [0.1, 0.15) is 41.5 Å². The number of carbonyl (C=O) groups is 4. The van der Waals surface area contributed by atoms with Crippen LogP contribution in [0.25, 0.3) is 0 Å². The summed E-state index contributed by atoms with van der Waals surface area (Å²) in [5, 5.41) is 45.7. The Balaban J connectivity index is -0.0000000494. The predicted octanol–water partition coefficient (Wildman–Crippen LogP) is -1.05. The zero-order valence-electron chi connectivity index (χ0n) is 16.5. The van der Waals surface area contributed by atoms with E-state index in [2.05, 4.69) is 11.5 Å². The zero-order chi connectivity index (χ0) is 23.6. The Morgan fingerprint density at radius 3 is 0.852 bits per heavy atom.